The molecule has 1 aliphatic heterocycles. The van der Waals surface area contributed by atoms with Crippen LogP contribution in [0.2, 0.25) is 10.0 Å². The predicted molar refractivity (Wildman–Crippen MR) is 108 cm³/mol. The molecule has 4 rings (SSSR count). The van der Waals surface area contributed by atoms with E-state index in [9.17, 15) is 10.2 Å². The summed E-state index contributed by atoms with van der Waals surface area (Å²) in [5.41, 5.74) is 1.13. The molecule has 0 spiro atoms. The lowest BCUT2D eigenvalue weighted by Gasteiger charge is -2.08. The van der Waals surface area contributed by atoms with Gasteiger partial charge in [-0.15, -0.1) is 0 Å². The van der Waals surface area contributed by atoms with E-state index in [0.29, 0.717) is 36.7 Å². The molecule has 136 valence electrons. The Hall–Kier alpha value is -2.45. The van der Waals surface area contributed by atoms with E-state index < -0.39 is 6.23 Å². The van der Waals surface area contributed by atoms with Crippen LogP contribution in [0.5, 0.6) is 5.88 Å². The van der Waals surface area contributed by atoms with Crippen LogP contribution in [0.25, 0.3) is 6.08 Å². The third kappa shape index (κ3) is 3.68. The van der Waals surface area contributed by atoms with E-state index >= 15 is 0 Å². The molecular weight excluding hydrogens is 407 g/mol. The predicted octanol–water partition coefficient (Wildman–Crippen LogP) is 3.38. The second-order valence-corrected chi connectivity index (χ2v) is 7.50. The zero-order chi connectivity index (χ0) is 19.0. The van der Waals surface area contributed by atoms with Crippen LogP contribution >= 0.6 is 34.5 Å². The average molecular weight is 419 g/mol. The van der Waals surface area contributed by atoms with Crippen LogP contribution in [-0.4, -0.2) is 21.5 Å². The number of rotatable bonds is 3. The van der Waals surface area contributed by atoms with E-state index in [1.807, 2.05) is 6.07 Å². The molecule has 1 aromatic heterocycles. The fourth-order valence-electron chi connectivity index (χ4n) is 2.57. The third-order valence-corrected chi connectivity index (χ3v) is 5.40. The van der Waals surface area contributed by atoms with Crippen LogP contribution in [0, 0.1) is 0 Å². The normalized spacial score (nSPS) is 16.1. The molecule has 1 aliphatic rings. The van der Waals surface area contributed by atoms with Gasteiger partial charge in [0.15, 0.2) is 11.4 Å². The van der Waals surface area contributed by atoms with Crippen molar-refractivity contribution in [1.82, 2.24) is 4.98 Å². The van der Waals surface area contributed by atoms with E-state index in [2.05, 4.69) is 20.3 Å². The number of nitrogens with zero attached hydrogens (tertiary/aromatic N) is 3. The van der Waals surface area contributed by atoms with Gasteiger partial charge in [-0.05, 0) is 35.6 Å². The SMILES string of the molecule is Oc1nc(Nc2c(Cl)cccc2Cl)sc1C=c1ccc2c(c1)C(O)N=CN=2. The van der Waals surface area contributed by atoms with Crippen molar-refractivity contribution in [2.24, 2.45) is 9.98 Å². The monoisotopic (exact) mass is 418 g/mol. The van der Waals surface area contributed by atoms with Gasteiger partial charge in [0.2, 0.25) is 5.88 Å². The van der Waals surface area contributed by atoms with Gasteiger partial charge >= 0.3 is 0 Å². The Balaban J connectivity index is 1.69. The van der Waals surface area contributed by atoms with Crippen LogP contribution < -0.4 is 15.9 Å². The summed E-state index contributed by atoms with van der Waals surface area (Å²) in [6, 6.07) is 10.6. The highest BCUT2D eigenvalue weighted by Crippen LogP contribution is 2.36. The molecule has 0 saturated heterocycles. The first kappa shape index (κ1) is 17.9. The fraction of sp³-hybridized carbons (Fsp3) is 0.0556. The van der Waals surface area contributed by atoms with E-state index in [1.165, 1.54) is 17.7 Å². The maximum Gasteiger partial charge on any atom is 0.231 e. The van der Waals surface area contributed by atoms with Gasteiger partial charge in [0, 0.05) is 5.56 Å². The van der Waals surface area contributed by atoms with Crippen molar-refractivity contribution in [2.45, 2.75) is 6.23 Å². The molecule has 9 heteroatoms. The summed E-state index contributed by atoms with van der Waals surface area (Å²) in [5, 5.41) is 26.0. The summed E-state index contributed by atoms with van der Waals surface area (Å²) in [7, 11) is 0. The Kier molecular flexibility index (Phi) is 4.84. The van der Waals surface area contributed by atoms with Crippen molar-refractivity contribution < 1.29 is 10.2 Å². The maximum atomic E-state index is 10.2. The zero-order valence-corrected chi connectivity index (χ0v) is 15.9. The molecule has 1 atom stereocenters. The van der Waals surface area contributed by atoms with Crippen LogP contribution in [-0.2, 0) is 0 Å². The van der Waals surface area contributed by atoms with Crippen molar-refractivity contribution in [3.8, 4) is 5.88 Å². The second-order valence-electron chi connectivity index (χ2n) is 5.66. The van der Waals surface area contributed by atoms with Crippen LogP contribution in [0.1, 0.15) is 16.7 Å². The zero-order valence-electron chi connectivity index (χ0n) is 13.6. The number of fused-ring (bicyclic) bond motifs is 1. The molecular formula is C18H12Cl2N4O2S. The number of benzene rings is 2. The summed E-state index contributed by atoms with van der Waals surface area (Å²) in [5.74, 6) is -0.119. The lowest BCUT2D eigenvalue weighted by atomic mass is 10.1. The topological polar surface area (TPSA) is 90.1 Å². The van der Waals surface area contributed by atoms with Crippen LogP contribution in [0.3, 0.4) is 0 Å². The molecule has 0 bridgehead atoms. The highest BCUT2D eigenvalue weighted by atomic mass is 35.5. The van der Waals surface area contributed by atoms with Gasteiger partial charge in [-0.1, -0.05) is 46.7 Å². The number of aliphatic hydroxyl groups is 1. The van der Waals surface area contributed by atoms with Gasteiger partial charge in [-0.2, -0.15) is 4.98 Å². The lowest BCUT2D eigenvalue weighted by molar-refractivity contribution is 0.186. The second kappa shape index (κ2) is 7.28. The smallest absolute Gasteiger partial charge is 0.231 e. The Morgan fingerprint density at radius 3 is 2.70 bits per heavy atom. The van der Waals surface area contributed by atoms with Crippen molar-refractivity contribution in [1.29, 1.82) is 0 Å². The van der Waals surface area contributed by atoms with E-state index in [1.54, 1.807) is 36.4 Å². The van der Waals surface area contributed by atoms with Crippen molar-refractivity contribution in [2.75, 3.05) is 5.32 Å². The summed E-state index contributed by atoms with van der Waals surface area (Å²) in [6.07, 6.45) is 2.15. The number of para-hydroxylation sites is 1. The van der Waals surface area contributed by atoms with Gasteiger partial charge in [0.1, 0.15) is 6.34 Å². The number of aromatic hydroxyl groups is 1. The number of aromatic nitrogens is 1. The van der Waals surface area contributed by atoms with Crippen LogP contribution in [0.15, 0.2) is 46.4 Å². The molecule has 27 heavy (non-hydrogen) atoms. The Bertz CT molecular complexity index is 1160. The minimum Gasteiger partial charge on any atom is -0.492 e. The molecule has 6 nitrogen and oxygen atoms in total. The number of halogens is 2. The quantitative estimate of drug-likeness (QED) is 0.607. The largest absolute Gasteiger partial charge is 0.492 e. The Morgan fingerprint density at radius 2 is 1.93 bits per heavy atom. The molecule has 0 amide bonds. The lowest BCUT2D eigenvalue weighted by Crippen LogP contribution is -2.20. The molecule has 1 unspecified atom stereocenters. The molecule has 0 radical (unpaired) electrons. The van der Waals surface area contributed by atoms with Crippen molar-refractivity contribution in [3.63, 3.8) is 0 Å². The first-order valence-corrected chi connectivity index (χ1v) is 9.38. The highest BCUT2D eigenvalue weighted by Gasteiger charge is 2.13. The van der Waals surface area contributed by atoms with Gasteiger partial charge in [-0.3, -0.25) is 0 Å². The van der Waals surface area contributed by atoms with Crippen molar-refractivity contribution in [3.05, 3.63) is 67.5 Å². The minimum atomic E-state index is -0.944. The minimum absolute atomic E-state index is 0.119. The molecule has 3 N–H and O–H groups in total. The third-order valence-electron chi connectivity index (χ3n) is 3.86. The highest BCUT2D eigenvalue weighted by molar-refractivity contribution is 7.16. The molecule has 0 fully saturated rings. The average Bonchev–Trinajstić information content (AvgIpc) is 2.98. The summed E-state index contributed by atoms with van der Waals surface area (Å²) in [4.78, 5) is 12.6. The van der Waals surface area contributed by atoms with Crippen molar-refractivity contribution >= 4 is 57.8 Å². The summed E-state index contributed by atoms with van der Waals surface area (Å²) >= 11 is 13.5. The van der Waals surface area contributed by atoms with Gasteiger partial charge in [-0.25, -0.2) is 9.98 Å². The standard InChI is InChI=1S/C18H12Cl2N4O2S/c19-11-2-1-3-12(20)15(11)23-18-24-17(26)14(27-18)7-9-4-5-13-10(6-9)16(25)22-8-21-13/h1-8,16,25-26H,(H,23,24). The number of anilines is 2. The van der Waals surface area contributed by atoms with Crippen LogP contribution in [0.4, 0.5) is 10.8 Å². The number of thiazole rings is 1. The fourth-order valence-corrected chi connectivity index (χ4v) is 3.89. The molecule has 2 aromatic carbocycles. The molecule has 3 aromatic rings. The maximum absolute atomic E-state index is 10.2. The molecule has 2 heterocycles. The number of aliphatic hydroxyl groups excluding tert-OH is 1. The van der Waals surface area contributed by atoms with E-state index in [0.717, 1.165) is 5.22 Å². The van der Waals surface area contributed by atoms with Gasteiger partial charge < -0.3 is 15.5 Å². The van der Waals surface area contributed by atoms with E-state index in [-0.39, 0.29) is 5.88 Å². The first-order chi connectivity index (χ1) is 13.0. The van der Waals surface area contributed by atoms with Gasteiger partial charge in [0.05, 0.1) is 26.0 Å². The van der Waals surface area contributed by atoms with E-state index in [4.69, 9.17) is 23.2 Å². The number of aliphatic imine (C=N–C) groups is 1. The number of hydrogen-bond acceptors (Lipinski definition) is 7. The van der Waals surface area contributed by atoms with Gasteiger partial charge in [0.25, 0.3) is 0 Å². The molecule has 0 aliphatic carbocycles. The summed E-state index contributed by atoms with van der Waals surface area (Å²) < 4.78 is 0. The summed E-state index contributed by atoms with van der Waals surface area (Å²) in [6.45, 7) is 0. The number of nitrogens with one attached hydrogen (secondary N) is 1. The molecule has 0 saturated carbocycles. The Labute approximate surface area is 167 Å². The number of hydrogen-bond donors (Lipinski definition) is 3. The first-order valence-electron chi connectivity index (χ1n) is 7.81. The Morgan fingerprint density at radius 1 is 1.15 bits per heavy atom.